The van der Waals surface area contributed by atoms with Gasteiger partial charge in [-0.25, -0.2) is 0 Å². The molecule has 4 rings (SSSR count). The number of rotatable bonds is 1. The Kier molecular flexibility index (Phi) is 2.09. The van der Waals surface area contributed by atoms with Crippen molar-refractivity contribution in [3.8, 4) is 23.0 Å². The normalized spacial score (nSPS) is 13.1. The van der Waals surface area contributed by atoms with Gasteiger partial charge in [0, 0.05) is 18.2 Å². The summed E-state index contributed by atoms with van der Waals surface area (Å²) in [5.41, 5.74) is 3.33. The summed E-state index contributed by atoms with van der Waals surface area (Å²) in [4.78, 5) is 0. The number of nitrogens with zero attached hydrogens (tertiary/aromatic N) is 4. The predicted molar refractivity (Wildman–Crippen MR) is 69.4 cm³/mol. The fraction of sp³-hybridized carbons (Fsp3) is 0.214. The molecule has 0 spiro atoms. The maximum atomic E-state index is 5.29. The molecule has 2 aromatic heterocycles. The SMILES string of the molecule is Cc1cc(-c2nnc3n2CCc2ccccc2-3)on1. The van der Waals surface area contributed by atoms with Gasteiger partial charge in [0.15, 0.2) is 5.82 Å². The molecular weight excluding hydrogens is 240 g/mol. The van der Waals surface area contributed by atoms with Crippen LogP contribution >= 0.6 is 0 Å². The van der Waals surface area contributed by atoms with E-state index in [0.29, 0.717) is 5.76 Å². The van der Waals surface area contributed by atoms with E-state index in [2.05, 4.69) is 38.1 Å². The molecule has 1 aliphatic heterocycles. The standard InChI is InChI=1S/C14H12N4O/c1-9-8-12(19-17-9)14-16-15-13-11-5-3-2-4-10(11)6-7-18(13)14/h2-5,8H,6-7H2,1H3. The largest absolute Gasteiger partial charge is 0.353 e. The number of benzene rings is 1. The Labute approximate surface area is 109 Å². The first-order valence-electron chi connectivity index (χ1n) is 6.28. The van der Waals surface area contributed by atoms with Gasteiger partial charge in [-0.15, -0.1) is 10.2 Å². The zero-order chi connectivity index (χ0) is 12.8. The van der Waals surface area contributed by atoms with E-state index in [1.54, 1.807) is 0 Å². The van der Waals surface area contributed by atoms with Crippen molar-refractivity contribution in [1.82, 2.24) is 19.9 Å². The first-order valence-corrected chi connectivity index (χ1v) is 6.28. The highest BCUT2D eigenvalue weighted by atomic mass is 16.5. The summed E-state index contributed by atoms with van der Waals surface area (Å²) >= 11 is 0. The zero-order valence-corrected chi connectivity index (χ0v) is 10.5. The summed E-state index contributed by atoms with van der Waals surface area (Å²) in [5.74, 6) is 2.34. The monoisotopic (exact) mass is 252 g/mol. The van der Waals surface area contributed by atoms with Crippen molar-refractivity contribution >= 4 is 0 Å². The lowest BCUT2D eigenvalue weighted by molar-refractivity contribution is 0.422. The molecule has 0 saturated carbocycles. The van der Waals surface area contributed by atoms with Gasteiger partial charge in [0.05, 0.1) is 5.69 Å². The van der Waals surface area contributed by atoms with E-state index in [0.717, 1.165) is 35.9 Å². The second-order valence-electron chi connectivity index (χ2n) is 4.74. The van der Waals surface area contributed by atoms with E-state index in [4.69, 9.17) is 4.52 Å². The molecule has 0 unspecified atom stereocenters. The van der Waals surface area contributed by atoms with Crippen molar-refractivity contribution in [3.05, 3.63) is 41.6 Å². The fourth-order valence-corrected chi connectivity index (χ4v) is 2.55. The third-order valence-corrected chi connectivity index (χ3v) is 3.46. The maximum absolute atomic E-state index is 5.29. The van der Waals surface area contributed by atoms with Crippen molar-refractivity contribution in [2.45, 2.75) is 19.9 Å². The molecule has 0 aliphatic carbocycles. The third-order valence-electron chi connectivity index (χ3n) is 3.46. The van der Waals surface area contributed by atoms with Gasteiger partial charge >= 0.3 is 0 Å². The van der Waals surface area contributed by atoms with Crippen LogP contribution in [0.1, 0.15) is 11.3 Å². The van der Waals surface area contributed by atoms with Gasteiger partial charge in [0.1, 0.15) is 0 Å². The first kappa shape index (κ1) is 10.5. The Morgan fingerprint density at radius 1 is 1.16 bits per heavy atom. The van der Waals surface area contributed by atoms with E-state index < -0.39 is 0 Å². The van der Waals surface area contributed by atoms with Gasteiger partial charge in [0.25, 0.3) is 0 Å². The summed E-state index contributed by atoms with van der Waals surface area (Å²) in [6.45, 7) is 2.77. The van der Waals surface area contributed by atoms with Crippen molar-refractivity contribution in [3.63, 3.8) is 0 Å². The van der Waals surface area contributed by atoms with Crippen LogP contribution in [-0.2, 0) is 13.0 Å². The molecular formula is C14H12N4O. The van der Waals surface area contributed by atoms with Gasteiger partial charge in [-0.3, -0.25) is 0 Å². The first-order chi connectivity index (χ1) is 9.33. The van der Waals surface area contributed by atoms with E-state index in [1.165, 1.54) is 5.56 Å². The predicted octanol–water partition coefficient (Wildman–Crippen LogP) is 2.46. The molecule has 5 nitrogen and oxygen atoms in total. The quantitative estimate of drug-likeness (QED) is 0.667. The molecule has 0 radical (unpaired) electrons. The molecule has 1 aromatic carbocycles. The molecule has 3 aromatic rings. The summed E-state index contributed by atoms with van der Waals surface area (Å²) in [7, 11) is 0. The van der Waals surface area contributed by atoms with Gasteiger partial charge in [0.2, 0.25) is 11.6 Å². The highest BCUT2D eigenvalue weighted by Gasteiger charge is 2.23. The average molecular weight is 252 g/mol. The molecule has 0 bridgehead atoms. The number of aromatic nitrogens is 4. The third kappa shape index (κ3) is 1.51. The van der Waals surface area contributed by atoms with E-state index in [9.17, 15) is 0 Å². The van der Waals surface area contributed by atoms with Crippen LogP contribution in [0.4, 0.5) is 0 Å². The van der Waals surface area contributed by atoms with E-state index in [1.807, 2.05) is 19.1 Å². The van der Waals surface area contributed by atoms with Gasteiger partial charge in [-0.05, 0) is 18.9 Å². The Morgan fingerprint density at radius 3 is 2.84 bits per heavy atom. The number of hydrogen-bond acceptors (Lipinski definition) is 4. The fourth-order valence-electron chi connectivity index (χ4n) is 2.55. The van der Waals surface area contributed by atoms with Crippen LogP contribution in [0.5, 0.6) is 0 Å². The topological polar surface area (TPSA) is 56.7 Å². The maximum Gasteiger partial charge on any atom is 0.204 e. The van der Waals surface area contributed by atoms with Crippen LogP contribution < -0.4 is 0 Å². The minimum absolute atomic E-state index is 0.677. The molecule has 3 heterocycles. The van der Waals surface area contributed by atoms with Crippen LogP contribution in [0.2, 0.25) is 0 Å². The molecule has 1 aliphatic rings. The molecule has 19 heavy (non-hydrogen) atoms. The lowest BCUT2D eigenvalue weighted by atomic mass is 10.0. The Balaban J connectivity index is 1.90. The lowest BCUT2D eigenvalue weighted by Gasteiger charge is -2.17. The number of aryl methyl sites for hydroxylation is 2. The molecule has 94 valence electrons. The van der Waals surface area contributed by atoms with Crippen molar-refractivity contribution in [1.29, 1.82) is 0 Å². The van der Waals surface area contributed by atoms with Crippen molar-refractivity contribution in [2.75, 3.05) is 0 Å². The molecule has 0 atom stereocenters. The number of hydrogen-bond donors (Lipinski definition) is 0. The van der Waals surface area contributed by atoms with Crippen LogP contribution in [-0.4, -0.2) is 19.9 Å². The van der Waals surface area contributed by atoms with E-state index >= 15 is 0 Å². The molecule has 0 amide bonds. The van der Waals surface area contributed by atoms with Gasteiger partial charge in [-0.2, -0.15) is 0 Å². The van der Waals surface area contributed by atoms with Crippen LogP contribution in [0.3, 0.4) is 0 Å². The smallest absolute Gasteiger partial charge is 0.204 e. The molecule has 0 fully saturated rings. The van der Waals surface area contributed by atoms with Crippen LogP contribution in [0.15, 0.2) is 34.9 Å². The minimum Gasteiger partial charge on any atom is -0.353 e. The summed E-state index contributed by atoms with van der Waals surface area (Å²) in [6, 6.07) is 10.2. The number of fused-ring (bicyclic) bond motifs is 3. The Bertz CT molecular complexity index is 756. The highest BCUT2D eigenvalue weighted by molar-refractivity contribution is 5.65. The second kappa shape index (κ2) is 3.78. The van der Waals surface area contributed by atoms with Crippen LogP contribution in [0.25, 0.3) is 23.0 Å². The van der Waals surface area contributed by atoms with Crippen LogP contribution in [0, 0.1) is 6.92 Å². The Morgan fingerprint density at radius 2 is 2.00 bits per heavy atom. The Hall–Kier alpha value is -2.43. The molecule has 0 N–H and O–H groups in total. The second-order valence-corrected chi connectivity index (χ2v) is 4.74. The highest BCUT2D eigenvalue weighted by Crippen LogP contribution is 2.31. The molecule has 5 heteroatoms. The lowest BCUT2D eigenvalue weighted by Crippen LogP contribution is -2.11. The molecule has 0 saturated heterocycles. The minimum atomic E-state index is 0.677. The summed E-state index contributed by atoms with van der Waals surface area (Å²) in [5, 5.41) is 12.5. The zero-order valence-electron chi connectivity index (χ0n) is 10.5. The van der Waals surface area contributed by atoms with Gasteiger partial charge in [-0.1, -0.05) is 29.4 Å². The average Bonchev–Trinajstić information content (AvgIpc) is 3.04. The van der Waals surface area contributed by atoms with E-state index in [-0.39, 0.29) is 0 Å². The summed E-state index contributed by atoms with van der Waals surface area (Å²) in [6.07, 6.45) is 0.987. The van der Waals surface area contributed by atoms with Crippen molar-refractivity contribution in [2.24, 2.45) is 0 Å². The van der Waals surface area contributed by atoms with Crippen molar-refractivity contribution < 1.29 is 4.52 Å². The summed E-state index contributed by atoms with van der Waals surface area (Å²) < 4.78 is 7.39. The van der Waals surface area contributed by atoms with Gasteiger partial charge < -0.3 is 9.09 Å².